The Morgan fingerprint density at radius 3 is 2.46 bits per heavy atom. The van der Waals surface area contributed by atoms with Gasteiger partial charge in [-0.15, -0.1) is 0 Å². The summed E-state index contributed by atoms with van der Waals surface area (Å²) in [5, 5.41) is 3.00. The number of aromatic nitrogens is 2. The van der Waals surface area contributed by atoms with Crippen LogP contribution in [0.2, 0.25) is 0 Å². The number of ether oxygens (including phenoxy) is 1. The third-order valence-electron chi connectivity index (χ3n) is 6.66. The van der Waals surface area contributed by atoms with Gasteiger partial charge in [-0.2, -0.15) is 0 Å². The molecular weight excluding hydrogens is 443 g/mol. The average Bonchev–Trinajstić information content (AvgIpc) is 3.26. The van der Waals surface area contributed by atoms with Crippen molar-refractivity contribution in [3.05, 3.63) is 90.0 Å². The normalized spacial score (nSPS) is 14.8. The summed E-state index contributed by atoms with van der Waals surface area (Å²) < 4.78 is 20.6. The highest BCUT2D eigenvalue weighted by atomic mass is 19.1. The molecule has 1 amide bonds. The third kappa shape index (κ3) is 5.20. The van der Waals surface area contributed by atoms with Crippen molar-refractivity contribution >= 4 is 16.9 Å². The lowest BCUT2D eigenvalue weighted by Crippen LogP contribution is -2.40. The first-order chi connectivity index (χ1) is 17.1. The van der Waals surface area contributed by atoms with Crippen molar-refractivity contribution < 1.29 is 13.9 Å². The molecule has 1 aromatic heterocycles. The Hall–Kier alpha value is -3.71. The predicted octanol–water partition coefficient (Wildman–Crippen LogP) is 4.70. The zero-order chi connectivity index (χ0) is 24.2. The zero-order valence-electron chi connectivity index (χ0n) is 19.8. The van der Waals surface area contributed by atoms with Gasteiger partial charge in [-0.25, -0.2) is 9.37 Å². The van der Waals surface area contributed by atoms with Crippen LogP contribution in [0.3, 0.4) is 0 Å². The number of rotatable bonds is 7. The summed E-state index contributed by atoms with van der Waals surface area (Å²) in [7, 11) is 1.67. The summed E-state index contributed by atoms with van der Waals surface area (Å²) in [5.41, 5.74) is 3.98. The van der Waals surface area contributed by atoms with Crippen LogP contribution in [0.1, 0.15) is 24.2 Å². The van der Waals surface area contributed by atoms with E-state index in [0.29, 0.717) is 13.1 Å². The number of piperidine rings is 1. The fourth-order valence-electron chi connectivity index (χ4n) is 4.69. The molecule has 1 fully saturated rings. The number of likely N-dealkylation sites (tertiary alicyclic amines) is 1. The second-order valence-corrected chi connectivity index (χ2v) is 8.94. The van der Waals surface area contributed by atoms with Gasteiger partial charge in [0.2, 0.25) is 5.91 Å². The molecule has 4 aromatic rings. The second-order valence-electron chi connectivity index (χ2n) is 8.94. The van der Waals surface area contributed by atoms with E-state index in [0.717, 1.165) is 59.8 Å². The van der Waals surface area contributed by atoms with Crippen LogP contribution in [-0.2, 0) is 17.9 Å². The Bertz CT molecular complexity index is 1290. The molecular formula is C28H29FN4O2. The van der Waals surface area contributed by atoms with Gasteiger partial charge in [0.05, 0.1) is 24.7 Å². The van der Waals surface area contributed by atoms with Crippen LogP contribution in [0.4, 0.5) is 4.39 Å². The average molecular weight is 473 g/mol. The lowest BCUT2D eigenvalue weighted by molar-refractivity contribution is -0.126. The molecule has 0 radical (unpaired) electrons. The van der Waals surface area contributed by atoms with E-state index in [9.17, 15) is 9.18 Å². The van der Waals surface area contributed by atoms with Crippen LogP contribution in [0.25, 0.3) is 16.7 Å². The number of methoxy groups -OCH3 is 1. The van der Waals surface area contributed by atoms with Crippen LogP contribution in [0, 0.1) is 11.7 Å². The molecule has 1 N–H and O–H groups in total. The van der Waals surface area contributed by atoms with E-state index in [-0.39, 0.29) is 17.6 Å². The number of para-hydroxylation sites is 2. The van der Waals surface area contributed by atoms with Gasteiger partial charge in [0, 0.05) is 18.2 Å². The van der Waals surface area contributed by atoms with Crippen molar-refractivity contribution in [1.29, 1.82) is 0 Å². The fourth-order valence-corrected chi connectivity index (χ4v) is 4.69. The minimum atomic E-state index is -0.270. The van der Waals surface area contributed by atoms with Gasteiger partial charge in [-0.1, -0.05) is 24.3 Å². The molecule has 7 heteroatoms. The van der Waals surface area contributed by atoms with Crippen LogP contribution >= 0.6 is 0 Å². The monoisotopic (exact) mass is 472 g/mol. The Balaban J connectivity index is 1.24. The number of hydrogen-bond donors (Lipinski definition) is 1. The molecule has 0 atom stereocenters. The van der Waals surface area contributed by atoms with E-state index >= 15 is 0 Å². The SMILES string of the molecule is COc1ccc(-n2c(CN3CCC(C(=O)NCc4ccc(F)cc4)CC3)nc3ccccc32)cc1. The maximum Gasteiger partial charge on any atom is 0.223 e. The van der Waals surface area contributed by atoms with Crippen LogP contribution in [-0.4, -0.2) is 40.6 Å². The molecule has 0 aliphatic carbocycles. The molecule has 3 aromatic carbocycles. The van der Waals surface area contributed by atoms with Crippen LogP contribution in [0.15, 0.2) is 72.8 Å². The first kappa shape index (κ1) is 23.1. The number of fused-ring (bicyclic) bond motifs is 1. The highest BCUT2D eigenvalue weighted by Crippen LogP contribution is 2.26. The van der Waals surface area contributed by atoms with Gasteiger partial charge in [0.15, 0.2) is 0 Å². The Kier molecular flexibility index (Phi) is 6.77. The fraction of sp³-hybridized carbons (Fsp3) is 0.286. The molecule has 1 aliphatic heterocycles. The van der Waals surface area contributed by atoms with Crippen LogP contribution < -0.4 is 10.1 Å². The number of carbonyl (C=O) groups excluding carboxylic acids is 1. The maximum absolute atomic E-state index is 13.1. The van der Waals surface area contributed by atoms with E-state index in [4.69, 9.17) is 9.72 Å². The summed E-state index contributed by atoms with van der Waals surface area (Å²) in [6, 6.07) is 22.4. The zero-order valence-corrected chi connectivity index (χ0v) is 19.8. The number of halogens is 1. The summed E-state index contributed by atoms with van der Waals surface area (Å²) in [4.78, 5) is 20.0. The first-order valence-corrected chi connectivity index (χ1v) is 12.0. The second kappa shape index (κ2) is 10.3. The number of nitrogens with zero attached hydrogens (tertiary/aromatic N) is 3. The highest BCUT2D eigenvalue weighted by molar-refractivity contribution is 5.79. The third-order valence-corrected chi connectivity index (χ3v) is 6.66. The lowest BCUT2D eigenvalue weighted by atomic mass is 9.96. The van der Waals surface area contributed by atoms with Gasteiger partial charge in [0.25, 0.3) is 0 Å². The van der Waals surface area contributed by atoms with E-state index in [1.54, 1.807) is 19.2 Å². The summed E-state index contributed by atoms with van der Waals surface area (Å²) >= 11 is 0. The summed E-state index contributed by atoms with van der Waals surface area (Å²) in [6.07, 6.45) is 1.61. The van der Waals surface area contributed by atoms with Gasteiger partial charge in [0.1, 0.15) is 17.4 Å². The Labute approximate surface area is 204 Å². The Morgan fingerprint density at radius 1 is 1.03 bits per heavy atom. The van der Waals surface area contributed by atoms with Crippen molar-refractivity contribution in [3.8, 4) is 11.4 Å². The smallest absolute Gasteiger partial charge is 0.223 e. The number of benzene rings is 3. The molecule has 2 heterocycles. The molecule has 5 rings (SSSR count). The standard InChI is InChI=1S/C28H29FN4O2/c1-35-24-12-10-23(11-13-24)33-26-5-3-2-4-25(26)31-27(33)19-32-16-14-21(15-17-32)28(34)30-18-20-6-8-22(29)9-7-20/h2-13,21H,14-19H2,1H3,(H,30,34). The molecule has 1 aliphatic rings. The van der Waals surface area contributed by atoms with E-state index in [1.165, 1.54) is 12.1 Å². The molecule has 180 valence electrons. The molecule has 0 unspecified atom stereocenters. The van der Waals surface area contributed by atoms with Crippen molar-refractivity contribution in [1.82, 2.24) is 19.8 Å². The molecule has 1 saturated heterocycles. The quantitative estimate of drug-likeness (QED) is 0.424. The van der Waals surface area contributed by atoms with E-state index in [1.807, 2.05) is 42.5 Å². The minimum absolute atomic E-state index is 0.00731. The molecule has 35 heavy (non-hydrogen) atoms. The highest BCUT2D eigenvalue weighted by Gasteiger charge is 2.26. The molecule has 6 nitrogen and oxygen atoms in total. The lowest BCUT2D eigenvalue weighted by Gasteiger charge is -2.31. The number of hydrogen-bond acceptors (Lipinski definition) is 4. The van der Waals surface area contributed by atoms with Gasteiger partial charge in [-0.3, -0.25) is 14.3 Å². The first-order valence-electron chi connectivity index (χ1n) is 12.0. The summed E-state index contributed by atoms with van der Waals surface area (Å²) in [6.45, 7) is 2.80. The van der Waals surface area contributed by atoms with Crippen molar-refractivity contribution in [2.24, 2.45) is 5.92 Å². The predicted molar refractivity (Wildman–Crippen MR) is 134 cm³/mol. The molecule has 0 saturated carbocycles. The number of nitrogens with one attached hydrogen (secondary N) is 1. The van der Waals surface area contributed by atoms with Crippen molar-refractivity contribution in [2.75, 3.05) is 20.2 Å². The van der Waals surface area contributed by atoms with Gasteiger partial charge >= 0.3 is 0 Å². The largest absolute Gasteiger partial charge is 0.497 e. The number of amides is 1. The minimum Gasteiger partial charge on any atom is -0.497 e. The maximum atomic E-state index is 13.1. The van der Waals surface area contributed by atoms with Crippen molar-refractivity contribution in [2.45, 2.75) is 25.9 Å². The Morgan fingerprint density at radius 2 is 1.74 bits per heavy atom. The van der Waals surface area contributed by atoms with Crippen LogP contribution in [0.5, 0.6) is 5.75 Å². The molecule has 0 bridgehead atoms. The van der Waals surface area contributed by atoms with Crippen molar-refractivity contribution in [3.63, 3.8) is 0 Å². The number of imidazole rings is 1. The van der Waals surface area contributed by atoms with E-state index in [2.05, 4.69) is 20.9 Å². The summed E-state index contributed by atoms with van der Waals surface area (Å²) in [5.74, 6) is 1.59. The van der Waals surface area contributed by atoms with E-state index < -0.39 is 0 Å². The molecule has 0 spiro atoms. The van der Waals surface area contributed by atoms with Gasteiger partial charge < -0.3 is 10.1 Å². The number of carbonyl (C=O) groups is 1. The topological polar surface area (TPSA) is 59.4 Å². The van der Waals surface area contributed by atoms with Gasteiger partial charge in [-0.05, 0) is 80.0 Å².